The molecular weight excluding hydrogens is 426 g/mol. The summed E-state index contributed by atoms with van der Waals surface area (Å²) in [5, 5.41) is 3.49. The van der Waals surface area contributed by atoms with Crippen LogP contribution >= 0.6 is 47.8 Å². The van der Waals surface area contributed by atoms with Crippen LogP contribution in [0.3, 0.4) is 0 Å². The first-order valence-corrected chi connectivity index (χ1v) is 8.11. The first kappa shape index (κ1) is 14.6. The number of benzene rings is 1. The van der Waals surface area contributed by atoms with E-state index in [-0.39, 0.29) is 0 Å². The largest absolute Gasteiger partial charge is 0.486 e. The fraction of sp³-hybridized carbons (Fsp3) is 0.385. The Morgan fingerprint density at radius 1 is 1.33 bits per heavy atom. The number of hydrogen-bond donors (Lipinski definition) is 1. The Hall–Kier alpha value is 0.160. The van der Waals surface area contributed by atoms with Gasteiger partial charge in [-0.05, 0) is 62.4 Å². The Balaban J connectivity index is 2.04. The van der Waals surface area contributed by atoms with Crippen LogP contribution in [0.4, 0.5) is 0 Å². The van der Waals surface area contributed by atoms with Crippen molar-refractivity contribution in [3.63, 3.8) is 0 Å². The molecule has 0 spiro atoms. The van der Waals surface area contributed by atoms with Crippen molar-refractivity contribution >= 4 is 47.8 Å². The fourth-order valence-corrected chi connectivity index (χ4v) is 3.18. The maximum Gasteiger partial charge on any atom is 0.148 e. The Bertz CT molecular complexity index is 435. The number of hydrogen-bond acceptors (Lipinski definition) is 2. The molecule has 0 bridgehead atoms. The van der Waals surface area contributed by atoms with Gasteiger partial charge in [0.05, 0.1) is 8.95 Å². The smallest absolute Gasteiger partial charge is 0.148 e. The van der Waals surface area contributed by atoms with Gasteiger partial charge in [-0.25, -0.2) is 0 Å². The molecule has 0 radical (unpaired) electrons. The SMILES string of the molecule is C=C(Br)COc1c(Br)cc(CNC2CC2)cc1Br. The summed E-state index contributed by atoms with van der Waals surface area (Å²) in [7, 11) is 0. The van der Waals surface area contributed by atoms with E-state index in [1.807, 2.05) is 0 Å². The van der Waals surface area contributed by atoms with Crippen LogP contribution in [0.1, 0.15) is 18.4 Å². The van der Waals surface area contributed by atoms with Crippen molar-refractivity contribution in [1.82, 2.24) is 5.32 Å². The minimum absolute atomic E-state index is 0.455. The highest BCUT2D eigenvalue weighted by atomic mass is 79.9. The number of halogens is 3. The molecule has 0 aromatic heterocycles. The maximum atomic E-state index is 5.66. The molecule has 0 unspecified atom stereocenters. The van der Waals surface area contributed by atoms with Crippen LogP contribution in [0.25, 0.3) is 0 Å². The summed E-state index contributed by atoms with van der Waals surface area (Å²) in [6.45, 7) is 5.11. The molecule has 2 nitrogen and oxygen atoms in total. The molecule has 1 aromatic rings. The Kier molecular flexibility index (Phi) is 5.30. The summed E-state index contributed by atoms with van der Waals surface area (Å²) >= 11 is 10.4. The quantitative estimate of drug-likeness (QED) is 0.690. The van der Waals surface area contributed by atoms with E-state index in [9.17, 15) is 0 Å². The highest BCUT2D eigenvalue weighted by molar-refractivity contribution is 9.11. The molecular formula is C13H14Br3NO. The second-order valence-electron chi connectivity index (χ2n) is 4.35. The van der Waals surface area contributed by atoms with Gasteiger partial charge in [-0.1, -0.05) is 22.5 Å². The minimum Gasteiger partial charge on any atom is -0.486 e. The first-order chi connectivity index (χ1) is 8.56. The van der Waals surface area contributed by atoms with Crippen LogP contribution < -0.4 is 10.1 Å². The van der Waals surface area contributed by atoms with Crippen LogP contribution in [0.2, 0.25) is 0 Å². The van der Waals surface area contributed by atoms with Gasteiger partial charge in [0.15, 0.2) is 0 Å². The maximum absolute atomic E-state index is 5.66. The molecule has 1 N–H and O–H groups in total. The standard InChI is InChI=1S/C13H14Br3NO/c1-8(14)7-18-13-11(15)4-9(5-12(13)16)6-17-10-2-3-10/h4-5,10,17H,1-3,6-7H2. The summed E-state index contributed by atoms with van der Waals surface area (Å²) in [5.41, 5.74) is 1.24. The highest BCUT2D eigenvalue weighted by Gasteiger charge is 2.20. The minimum atomic E-state index is 0.455. The zero-order valence-corrected chi connectivity index (χ0v) is 14.6. The lowest BCUT2D eigenvalue weighted by molar-refractivity contribution is 0.356. The monoisotopic (exact) mass is 437 g/mol. The molecule has 18 heavy (non-hydrogen) atoms. The summed E-state index contributed by atoms with van der Waals surface area (Å²) in [6, 6.07) is 4.90. The van der Waals surface area contributed by atoms with E-state index in [2.05, 4.69) is 71.8 Å². The third-order valence-electron chi connectivity index (χ3n) is 2.60. The van der Waals surface area contributed by atoms with Crippen molar-refractivity contribution in [2.75, 3.05) is 6.61 Å². The summed E-state index contributed by atoms with van der Waals surface area (Å²) in [4.78, 5) is 0. The second kappa shape index (κ2) is 6.55. The predicted octanol–water partition coefficient (Wildman–Crippen LogP) is 4.75. The summed E-state index contributed by atoms with van der Waals surface area (Å²) in [5.74, 6) is 0.811. The number of ether oxygens (including phenoxy) is 1. The lowest BCUT2D eigenvalue weighted by atomic mass is 10.2. The van der Waals surface area contributed by atoms with E-state index in [1.54, 1.807) is 0 Å². The molecule has 98 valence electrons. The second-order valence-corrected chi connectivity index (χ2v) is 7.18. The number of rotatable bonds is 6. The van der Waals surface area contributed by atoms with Gasteiger partial charge in [0.2, 0.25) is 0 Å². The van der Waals surface area contributed by atoms with Crippen LogP contribution in [-0.4, -0.2) is 12.6 Å². The van der Waals surface area contributed by atoms with Gasteiger partial charge >= 0.3 is 0 Å². The Labute approximate surface area is 133 Å². The van der Waals surface area contributed by atoms with Gasteiger partial charge < -0.3 is 10.1 Å². The average molecular weight is 440 g/mol. The van der Waals surface area contributed by atoms with E-state index >= 15 is 0 Å². The fourth-order valence-electron chi connectivity index (χ4n) is 1.55. The molecule has 1 aliphatic carbocycles. The van der Waals surface area contributed by atoms with E-state index in [1.165, 1.54) is 18.4 Å². The lowest BCUT2D eigenvalue weighted by Gasteiger charge is -2.12. The van der Waals surface area contributed by atoms with Gasteiger partial charge in [-0.15, -0.1) is 0 Å². The zero-order valence-electron chi connectivity index (χ0n) is 9.81. The van der Waals surface area contributed by atoms with Gasteiger partial charge in [0, 0.05) is 17.1 Å². The topological polar surface area (TPSA) is 21.3 Å². The van der Waals surface area contributed by atoms with Crippen LogP contribution in [0.15, 0.2) is 32.1 Å². The molecule has 0 amide bonds. The zero-order chi connectivity index (χ0) is 13.1. The molecule has 0 aliphatic heterocycles. The molecule has 5 heteroatoms. The van der Waals surface area contributed by atoms with Crippen LogP contribution in [0.5, 0.6) is 5.75 Å². The predicted molar refractivity (Wildman–Crippen MR) is 85.3 cm³/mol. The third kappa shape index (κ3) is 4.37. The van der Waals surface area contributed by atoms with Crippen molar-refractivity contribution in [2.24, 2.45) is 0 Å². The van der Waals surface area contributed by atoms with E-state index in [4.69, 9.17) is 4.74 Å². The van der Waals surface area contributed by atoms with Gasteiger partial charge in [-0.2, -0.15) is 0 Å². The van der Waals surface area contributed by atoms with Crippen molar-refractivity contribution in [1.29, 1.82) is 0 Å². The molecule has 0 heterocycles. The van der Waals surface area contributed by atoms with E-state index in [0.29, 0.717) is 6.61 Å². The summed E-state index contributed by atoms with van der Waals surface area (Å²) in [6.07, 6.45) is 2.60. The molecule has 1 aromatic carbocycles. The lowest BCUT2D eigenvalue weighted by Crippen LogP contribution is -2.15. The van der Waals surface area contributed by atoms with E-state index in [0.717, 1.165) is 31.8 Å². The summed E-state index contributed by atoms with van der Waals surface area (Å²) < 4.78 is 8.39. The third-order valence-corrected chi connectivity index (χ3v) is 4.01. The van der Waals surface area contributed by atoms with Gasteiger partial charge in [-0.3, -0.25) is 0 Å². The Morgan fingerprint density at radius 3 is 2.44 bits per heavy atom. The normalized spacial score (nSPS) is 14.6. The van der Waals surface area contributed by atoms with Crippen molar-refractivity contribution in [3.8, 4) is 5.75 Å². The van der Waals surface area contributed by atoms with Gasteiger partial charge in [0.1, 0.15) is 12.4 Å². The Morgan fingerprint density at radius 2 is 1.94 bits per heavy atom. The first-order valence-electron chi connectivity index (χ1n) is 5.73. The van der Waals surface area contributed by atoms with Crippen LogP contribution in [0, 0.1) is 0 Å². The molecule has 1 aliphatic rings. The molecule has 0 atom stereocenters. The van der Waals surface area contributed by atoms with E-state index < -0.39 is 0 Å². The van der Waals surface area contributed by atoms with Crippen LogP contribution in [-0.2, 0) is 6.54 Å². The molecule has 1 saturated carbocycles. The van der Waals surface area contributed by atoms with Crippen molar-refractivity contribution in [2.45, 2.75) is 25.4 Å². The van der Waals surface area contributed by atoms with Crippen molar-refractivity contribution in [3.05, 3.63) is 37.7 Å². The highest BCUT2D eigenvalue weighted by Crippen LogP contribution is 2.35. The molecule has 2 rings (SSSR count). The van der Waals surface area contributed by atoms with Gasteiger partial charge in [0.25, 0.3) is 0 Å². The average Bonchev–Trinajstić information content (AvgIpc) is 3.08. The molecule has 1 fully saturated rings. The molecule has 0 saturated heterocycles. The van der Waals surface area contributed by atoms with Crippen molar-refractivity contribution < 1.29 is 4.74 Å². The number of nitrogens with one attached hydrogen (secondary N) is 1.